The first-order valence-corrected chi connectivity index (χ1v) is 22.5. The molecule has 0 radical (unpaired) electrons. The summed E-state index contributed by atoms with van der Waals surface area (Å²) < 4.78 is 16.6. The number of allylic oxidation sites excluding steroid dienone is 18. The first-order valence-electron chi connectivity index (χ1n) is 22.5. The number of hydrogen-bond donors (Lipinski definition) is 0. The molecule has 6 heteroatoms. The lowest BCUT2D eigenvalue weighted by atomic mass is 10.1. The molecule has 0 aromatic rings. The lowest BCUT2D eigenvalue weighted by Gasteiger charge is -2.18. The molecule has 0 saturated carbocycles. The van der Waals surface area contributed by atoms with E-state index in [1.807, 2.05) is 72.9 Å². The zero-order valence-corrected chi connectivity index (χ0v) is 36.3. The number of unbranched alkanes of at least 4 members (excludes halogenated alkanes) is 15. The average molecular weight is 789 g/mol. The predicted molar refractivity (Wildman–Crippen MR) is 242 cm³/mol. The highest BCUT2D eigenvalue weighted by Gasteiger charge is 2.19. The standard InChI is InChI=1S/C51H80O6/c1-4-7-10-13-16-19-21-22-23-24-25-26-27-28-30-32-35-38-41-44-50(53)56-47-48(46-55-49(52)43-40-37-34-31-18-15-12-9-6-3)57-51(54)45-42-39-36-33-29-20-17-14-11-8-5-2/h7,10,13-14,16-17,19,21-28,30-31,34,48H,4-6,8-9,11-12,15,18,20,29,32-33,35-47H2,1-3H3/b10-7-,16-13-,17-14-,21-19-,23-22-,25-24+,27-26-,30-28-,34-31-. The minimum absolute atomic E-state index is 0.114. The summed E-state index contributed by atoms with van der Waals surface area (Å²) in [7, 11) is 0. The van der Waals surface area contributed by atoms with E-state index in [0.29, 0.717) is 25.7 Å². The number of ether oxygens (including phenoxy) is 3. The van der Waals surface area contributed by atoms with E-state index >= 15 is 0 Å². The van der Waals surface area contributed by atoms with E-state index in [4.69, 9.17) is 14.2 Å². The monoisotopic (exact) mass is 789 g/mol. The van der Waals surface area contributed by atoms with E-state index in [-0.39, 0.29) is 31.1 Å². The van der Waals surface area contributed by atoms with Crippen LogP contribution in [-0.4, -0.2) is 37.2 Å². The summed E-state index contributed by atoms with van der Waals surface area (Å²) in [5.74, 6) is -1.02. The van der Waals surface area contributed by atoms with Crippen molar-refractivity contribution in [2.24, 2.45) is 0 Å². The summed E-state index contributed by atoms with van der Waals surface area (Å²) in [6.07, 6.45) is 59.3. The highest BCUT2D eigenvalue weighted by molar-refractivity contribution is 5.71. The zero-order valence-electron chi connectivity index (χ0n) is 36.3. The lowest BCUT2D eigenvalue weighted by molar-refractivity contribution is -0.167. The quantitative estimate of drug-likeness (QED) is 0.0204. The van der Waals surface area contributed by atoms with Crippen molar-refractivity contribution in [3.8, 4) is 0 Å². The molecule has 0 aliphatic heterocycles. The van der Waals surface area contributed by atoms with Gasteiger partial charge < -0.3 is 14.2 Å². The molecule has 0 saturated heterocycles. The van der Waals surface area contributed by atoms with E-state index < -0.39 is 6.10 Å². The number of rotatable bonds is 38. The van der Waals surface area contributed by atoms with Gasteiger partial charge in [0, 0.05) is 19.3 Å². The van der Waals surface area contributed by atoms with Crippen LogP contribution < -0.4 is 0 Å². The third-order valence-electron chi connectivity index (χ3n) is 8.93. The maximum Gasteiger partial charge on any atom is 0.306 e. The van der Waals surface area contributed by atoms with Gasteiger partial charge in [0.25, 0.3) is 0 Å². The molecule has 0 amide bonds. The third kappa shape index (κ3) is 43.0. The van der Waals surface area contributed by atoms with Crippen molar-refractivity contribution in [2.75, 3.05) is 13.2 Å². The van der Waals surface area contributed by atoms with Crippen LogP contribution in [0.1, 0.15) is 175 Å². The minimum atomic E-state index is -0.811. The third-order valence-corrected chi connectivity index (χ3v) is 8.93. The molecule has 0 fully saturated rings. The van der Waals surface area contributed by atoms with Crippen LogP contribution >= 0.6 is 0 Å². The Labute approximate surface area is 349 Å². The Morgan fingerprint density at radius 3 is 1.26 bits per heavy atom. The highest BCUT2D eigenvalue weighted by Crippen LogP contribution is 2.12. The molecule has 0 aromatic carbocycles. The Balaban J connectivity index is 4.51. The van der Waals surface area contributed by atoms with Crippen LogP contribution in [0, 0.1) is 0 Å². The SMILES string of the molecule is CC\C=C/C=C\C=C/C=C\C=C\C=C/C=C\CCCCCC(=O)OCC(COC(=O)CCC/C=C\CCCCCC)OC(=O)CCCCCCC/C=C\CCCC. The molecule has 6 nitrogen and oxygen atoms in total. The largest absolute Gasteiger partial charge is 0.462 e. The van der Waals surface area contributed by atoms with Crippen molar-refractivity contribution < 1.29 is 28.6 Å². The van der Waals surface area contributed by atoms with E-state index in [1.165, 1.54) is 51.4 Å². The van der Waals surface area contributed by atoms with Crippen LogP contribution in [0.5, 0.6) is 0 Å². The molecule has 0 aliphatic carbocycles. The van der Waals surface area contributed by atoms with Gasteiger partial charge in [0.1, 0.15) is 13.2 Å². The molecule has 0 spiro atoms. The molecular weight excluding hydrogens is 709 g/mol. The second-order valence-electron chi connectivity index (χ2n) is 14.4. The van der Waals surface area contributed by atoms with Crippen LogP contribution in [0.25, 0.3) is 0 Å². The summed E-state index contributed by atoms with van der Waals surface area (Å²) in [6, 6.07) is 0. The molecule has 0 heterocycles. The summed E-state index contributed by atoms with van der Waals surface area (Å²) in [4.78, 5) is 37.6. The van der Waals surface area contributed by atoms with Gasteiger partial charge in [0.05, 0.1) is 0 Å². The Kier molecular flexibility index (Phi) is 41.7. The van der Waals surface area contributed by atoms with Crippen LogP contribution in [0.15, 0.2) is 109 Å². The number of carbonyl (C=O) groups excluding carboxylic acids is 3. The molecule has 0 aromatic heterocycles. The molecule has 0 aliphatic rings. The van der Waals surface area contributed by atoms with Crippen molar-refractivity contribution in [1.29, 1.82) is 0 Å². The van der Waals surface area contributed by atoms with E-state index in [1.54, 1.807) is 0 Å². The number of carbonyl (C=O) groups is 3. The van der Waals surface area contributed by atoms with Crippen LogP contribution in [-0.2, 0) is 28.6 Å². The van der Waals surface area contributed by atoms with Crippen LogP contribution in [0.2, 0.25) is 0 Å². The van der Waals surface area contributed by atoms with Crippen molar-refractivity contribution in [3.05, 3.63) is 109 Å². The van der Waals surface area contributed by atoms with E-state index in [0.717, 1.165) is 77.0 Å². The summed E-state index contributed by atoms with van der Waals surface area (Å²) in [6.45, 7) is 6.31. The molecule has 1 unspecified atom stereocenters. The molecule has 320 valence electrons. The van der Waals surface area contributed by atoms with Gasteiger partial charge in [0.15, 0.2) is 6.10 Å². The topological polar surface area (TPSA) is 78.9 Å². The second kappa shape index (κ2) is 44.8. The van der Waals surface area contributed by atoms with Gasteiger partial charge >= 0.3 is 17.9 Å². The summed E-state index contributed by atoms with van der Waals surface area (Å²) >= 11 is 0. The van der Waals surface area contributed by atoms with Crippen LogP contribution in [0.4, 0.5) is 0 Å². The average Bonchev–Trinajstić information content (AvgIpc) is 3.21. The van der Waals surface area contributed by atoms with Gasteiger partial charge in [-0.15, -0.1) is 0 Å². The molecule has 0 rings (SSSR count). The normalized spacial score (nSPS) is 13.1. The summed E-state index contributed by atoms with van der Waals surface area (Å²) in [5, 5.41) is 0. The lowest BCUT2D eigenvalue weighted by Crippen LogP contribution is -2.30. The van der Waals surface area contributed by atoms with Gasteiger partial charge in [-0.25, -0.2) is 0 Å². The first-order chi connectivity index (χ1) is 28.0. The second-order valence-corrected chi connectivity index (χ2v) is 14.4. The predicted octanol–water partition coefficient (Wildman–Crippen LogP) is 14.4. The number of esters is 3. The Morgan fingerprint density at radius 1 is 0.368 bits per heavy atom. The highest BCUT2D eigenvalue weighted by atomic mass is 16.6. The van der Waals surface area contributed by atoms with Crippen molar-refractivity contribution in [1.82, 2.24) is 0 Å². The Hall–Kier alpha value is -3.93. The molecule has 0 bridgehead atoms. The van der Waals surface area contributed by atoms with Gasteiger partial charge in [-0.3, -0.25) is 14.4 Å². The van der Waals surface area contributed by atoms with Crippen molar-refractivity contribution in [3.63, 3.8) is 0 Å². The zero-order chi connectivity index (χ0) is 41.5. The number of hydrogen-bond acceptors (Lipinski definition) is 6. The summed E-state index contributed by atoms with van der Waals surface area (Å²) in [5.41, 5.74) is 0. The van der Waals surface area contributed by atoms with Crippen molar-refractivity contribution in [2.45, 2.75) is 181 Å². The van der Waals surface area contributed by atoms with Gasteiger partial charge in [-0.05, 0) is 77.0 Å². The molecule has 57 heavy (non-hydrogen) atoms. The van der Waals surface area contributed by atoms with Gasteiger partial charge in [0.2, 0.25) is 0 Å². The maximum atomic E-state index is 12.7. The molecular formula is C51H80O6. The van der Waals surface area contributed by atoms with E-state index in [9.17, 15) is 14.4 Å². The molecule has 1 atom stereocenters. The first kappa shape index (κ1) is 53.1. The molecule has 0 N–H and O–H groups in total. The smallest absolute Gasteiger partial charge is 0.306 e. The fraction of sp³-hybridized carbons (Fsp3) is 0.588. The fourth-order valence-electron chi connectivity index (χ4n) is 5.52. The van der Waals surface area contributed by atoms with Gasteiger partial charge in [-0.1, -0.05) is 188 Å². The Morgan fingerprint density at radius 2 is 0.737 bits per heavy atom. The van der Waals surface area contributed by atoms with Crippen LogP contribution in [0.3, 0.4) is 0 Å². The Bertz CT molecular complexity index is 1230. The minimum Gasteiger partial charge on any atom is -0.462 e. The van der Waals surface area contributed by atoms with Gasteiger partial charge in [-0.2, -0.15) is 0 Å². The van der Waals surface area contributed by atoms with Crippen molar-refractivity contribution >= 4 is 17.9 Å². The maximum absolute atomic E-state index is 12.7. The fourth-order valence-corrected chi connectivity index (χ4v) is 5.52. The van der Waals surface area contributed by atoms with E-state index in [2.05, 4.69) is 57.2 Å².